The molecule has 0 aliphatic heterocycles. The molecular formula is C11H18N4S. The number of hydrogen-bond acceptors (Lipinski definition) is 3. The van der Waals surface area contributed by atoms with Crippen LogP contribution in [0.4, 0.5) is 5.95 Å². The second kappa shape index (κ2) is 6.37. The minimum absolute atomic E-state index is 0.370. The predicted molar refractivity (Wildman–Crippen MR) is 70.5 cm³/mol. The molecule has 1 unspecified atom stereocenters. The minimum Gasteiger partial charge on any atom is -0.360 e. The molecule has 2 N–H and O–H groups in total. The van der Waals surface area contributed by atoms with Crippen molar-refractivity contribution in [3.8, 4) is 0 Å². The largest absolute Gasteiger partial charge is 0.360 e. The lowest BCUT2D eigenvalue weighted by Crippen LogP contribution is -2.36. The molecule has 0 spiro atoms. The Morgan fingerprint density at radius 3 is 2.94 bits per heavy atom. The molecule has 1 atom stereocenters. The molecule has 0 radical (unpaired) electrons. The standard InChI is InChI=1S/C11H18N4S/c1-4-5-8(2)14-11(16)15-10-12-7-6-9(3)13-10/h6-8H,4-5H2,1-3H3,(H2,12,13,14,15,16). The van der Waals surface area contributed by atoms with Crippen LogP contribution in [0.3, 0.4) is 0 Å². The second-order valence-corrected chi connectivity index (χ2v) is 4.22. The highest BCUT2D eigenvalue weighted by Crippen LogP contribution is 2.00. The summed E-state index contributed by atoms with van der Waals surface area (Å²) < 4.78 is 0. The molecule has 1 heterocycles. The molecule has 0 amide bonds. The zero-order valence-corrected chi connectivity index (χ0v) is 10.8. The molecule has 4 nitrogen and oxygen atoms in total. The summed E-state index contributed by atoms with van der Waals surface area (Å²) in [5.41, 5.74) is 0.918. The second-order valence-electron chi connectivity index (χ2n) is 3.81. The molecule has 0 bridgehead atoms. The number of aryl methyl sites for hydroxylation is 1. The van der Waals surface area contributed by atoms with E-state index in [9.17, 15) is 0 Å². The van der Waals surface area contributed by atoms with Gasteiger partial charge in [0.2, 0.25) is 5.95 Å². The lowest BCUT2D eigenvalue weighted by molar-refractivity contribution is 0.599. The quantitative estimate of drug-likeness (QED) is 0.788. The van der Waals surface area contributed by atoms with E-state index >= 15 is 0 Å². The van der Waals surface area contributed by atoms with E-state index in [1.54, 1.807) is 6.20 Å². The van der Waals surface area contributed by atoms with Crippen LogP contribution >= 0.6 is 12.2 Å². The monoisotopic (exact) mass is 238 g/mol. The number of aromatic nitrogens is 2. The Morgan fingerprint density at radius 1 is 1.56 bits per heavy atom. The van der Waals surface area contributed by atoms with E-state index in [-0.39, 0.29) is 0 Å². The van der Waals surface area contributed by atoms with E-state index in [1.807, 2.05) is 13.0 Å². The minimum atomic E-state index is 0.370. The highest BCUT2D eigenvalue weighted by atomic mass is 32.1. The van der Waals surface area contributed by atoms with Crippen LogP contribution in [0.2, 0.25) is 0 Å². The van der Waals surface area contributed by atoms with Crippen LogP contribution in [-0.2, 0) is 0 Å². The van der Waals surface area contributed by atoms with Crippen LogP contribution < -0.4 is 10.6 Å². The van der Waals surface area contributed by atoms with Gasteiger partial charge in [-0.15, -0.1) is 0 Å². The first kappa shape index (κ1) is 12.8. The topological polar surface area (TPSA) is 49.8 Å². The van der Waals surface area contributed by atoms with Crippen molar-refractivity contribution in [3.63, 3.8) is 0 Å². The molecule has 1 aromatic heterocycles. The Kier molecular flexibility index (Phi) is 5.11. The summed E-state index contributed by atoms with van der Waals surface area (Å²) in [6.07, 6.45) is 3.94. The van der Waals surface area contributed by atoms with Gasteiger partial charge in [0.25, 0.3) is 0 Å². The smallest absolute Gasteiger partial charge is 0.229 e. The van der Waals surface area contributed by atoms with Crippen LogP contribution in [0.5, 0.6) is 0 Å². The van der Waals surface area contributed by atoms with Crippen molar-refractivity contribution in [2.24, 2.45) is 0 Å². The average molecular weight is 238 g/mol. The Morgan fingerprint density at radius 2 is 2.31 bits per heavy atom. The van der Waals surface area contributed by atoms with Crippen LogP contribution in [0.25, 0.3) is 0 Å². The summed E-state index contributed by atoms with van der Waals surface area (Å²) in [5, 5.41) is 6.73. The van der Waals surface area contributed by atoms with E-state index in [0.717, 1.165) is 18.5 Å². The van der Waals surface area contributed by atoms with E-state index < -0.39 is 0 Å². The van der Waals surface area contributed by atoms with Crippen molar-refractivity contribution < 1.29 is 0 Å². The molecule has 0 saturated heterocycles. The van der Waals surface area contributed by atoms with Gasteiger partial charge in [-0.25, -0.2) is 9.97 Å². The summed E-state index contributed by atoms with van der Waals surface area (Å²) in [6.45, 7) is 6.18. The molecule has 5 heteroatoms. The Labute approximate surface area is 102 Å². The Balaban J connectivity index is 2.45. The normalized spacial score (nSPS) is 11.9. The first-order valence-electron chi connectivity index (χ1n) is 5.49. The van der Waals surface area contributed by atoms with E-state index in [1.165, 1.54) is 0 Å². The van der Waals surface area contributed by atoms with Crippen molar-refractivity contribution >= 4 is 23.3 Å². The molecule has 88 valence electrons. The van der Waals surface area contributed by atoms with Gasteiger partial charge in [-0.1, -0.05) is 13.3 Å². The van der Waals surface area contributed by atoms with Crippen molar-refractivity contribution in [3.05, 3.63) is 18.0 Å². The van der Waals surface area contributed by atoms with Gasteiger partial charge >= 0.3 is 0 Å². The Bertz CT molecular complexity index is 354. The fraction of sp³-hybridized carbons (Fsp3) is 0.545. The number of rotatable bonds is 4. The van der Waals surface area contributed by atoms with Gasteiger partial charge in [-0.2, -0.15) is 0 Å². The Hall–Kier alpha value is -1.23. The number of thiocarbonyl (C=S) groups is 1. The molecule has 0 saturated carbocycles. The van der Waals surface area contributed by atoms with Crippen LogP contribution in [0.15, 0.2) is 12.3 Å². The average Bonchev–Trinajstić information content (AvgIpc) is 2.17. The van der Waals surface area contributed by atoms with Gasteiger partial charge in [0.15, 0.2) is 5.11 Å². The molecule has 1 rings (SSSR count). The zero-order chi connectivity index (χ0) is 12.0. The predicted octanol–water partition coefficient (Wildman–Crippen LogP) is 2.26. The van der Waals surface area contributed by atoms with Gasteiger partial charge < -0.3 is 10.6 Å². The summed E-state index contributed by atoms with van der Waals surface area (Å²) in [7, 11) is 0. The van der Waals surface area contributed by atoms with Gasteiger partial charge in [0.1, 0.15) is 0 Å². The summed E-state index contributed by atoms with van der Waals surface area (Å²) in [4.78, 5) is 8.30. The van der Waals surface area contributed by atoms with E-state index in [0.29, 0.717) is 17.1 Å². The number of hydrogen-bond donors (Lipinski definition) is 2. The maximum atomic E-state index is 5.17. The van der Waals surface area contributed by atoms with Crippen molar-refractivity contribution in [1.82, 2.24) is 15.3 Å². The van der Waals surface area contributed by atoms with Crippen LogP contribution in [0, 0.1) is 6.92 Å². The highest BCUT2D eigenvalue weighted by Gasteiger charge is 2.04. The molecule has 1 aromatic rings. The lowest BCUT2D eigenvalue weighted by Gasteiger charge is -2.15. The van der Waals surface area contributed by atoms with Crippen molar-refractivity contribution in [1.29, 1.82) is 0 Å². The summed E-state index contributed by atoms with van der Waals surface area (Å²) in [5.74, 6) is 0.543. The van der Waals surface area contributed by atoms with E-state index in [2.05, 4.69) is 34.4 Å². The van der Waals surface area contributed by atoms with E-state index in [4.69, 9.17) is 12.2 Å². The van der Waals surface area contributed by atoms with Crippen LogP contribution in [-0.4, -0.2) is 21.1 Å². The molecule has 0 aliphatic rings. The van der Waals surface area contributed by atoms with Gasteiger partial charge in [0, 0.05) is 17.9 Å². The number of nitrogens with one attached hydrogen (secondary N) is 2. The fourth-order valence-corrected chi connectivity index (χ4v) is 1.67. The third-order valence-electron chi connectivity index (χ3n) is 2.12. The SMILES string of the molecule is CCCC(C)NC(=S)Nc1nccc(C)n1. The van der Waals surface area contributed by atoms with Crippen LogP contribution in [0.1, 0.15) is 32.4 Å². The third kappa shape index (κ3) is 4.53. The molecular weight excluding hydrogens is 220 g/mol. The lowest BCUT2D eigenvalue weighted by atomic mass is 10.2. The van der Waals surface area contributed by atoms with Gasteiger partial charge in [0.05, 0.1) is 0 Å². The fourth-order valence-electron chi connectivity index (χ4n) is 1.38. The number of nitrogens with zero attached hydrogens (tertiary/aromatic N) is 2. The molecule has 16 heavy (non-hydrogen) atoms. The molecule has 0 fully saturated rings. The highest BCUT2D eigenvalue weighted by molar-refractivity contribution is 7.80. The number of anilines is 1. The molecule has 0 aromatic carbocycles. The van der Waals surface area contributed by atoms with Gasteiger partial charge in [-0.3, -0.25) is 0 Å². The molecule has 0 aliphatic carbocycles. The maximum absolute atomic E-state index is 5.17. The van der Waals surface area contributed by atoms with Crippen molar-refractivity contribution in [2.45, 2.75) is 39.7 Å². The first-order valence-corrected chi connectivity index (χ1v) is 5.89. The van der Waals surface area contributed by atoms with Crippen molar-refractivity contribution in [2.75, 3.05) is 5.32 Å². The summed E-state index contributed by atoms with van der Waals surface area (Å²) >= 11 is 5.17. The summed E-state index contributed by atoms with van der Waals surface area (Å²) in [6, 6.07) is 2.22. The third-order valence-corrected chi connectivity index (χ3v) is 2.34. The van der Waals surface area contributed by atoms with Gasteiger partial charge in [-0.05, 0) is 38.6 Å². The first-order chi connectivity index (χ1) is 7.61. The zero-order valence-electron chi connectivity index (χ0n) is 9.95. The maximum Gasteiger partial charge on any atom is 0.229 e.